The molecule has 0 heterocycles. The maximum absolute atomic E-state index is 13.8. The Hall–Kier alpha value is -1.95. The van der Waals surface area contributed by atoms with Gasteiger partial charge in [-0.3, -0.25) is 9.59 Å². The van der Waals surface area contributed by atoms with Crippen molar-refractivity contribution >= 4 is 17.5 Å². The average molecular weight is 291 g/mol. The van der Waals surface area contributed by atoms with Crippen molar-refractivity contribution in [3.05, 3.63) is 29.6 Å². The number of rotatable bonds is 3. The van der Waals surface area contributed by atoms with Crippen LogP contribution in [0.15, 0.2) is 18.2 Å². The normalized spacial score (nSPS) is 30.4. The van der Waals surface area contributed by atoms with E-state index in [9.17, 15) is 14.0 Å². The second-order valence-corrected chi connectivity index (χ2v) is 5.98. The molecule has 2 amide bonds. The van der Waals surface area contributed by atoms with Crippen LogP contribution in [-0.4, -0.2) is 17.9 Å². The van der Waals surface area contributed by atoms with E-state index in [1.54, 1.807) is 0 Å². The van der Waals surface area contributed by atoms with Gasteiger partial charge in [-0.2, -0.15) is 0 Å². The smallest absolute Gasteiger partial charge is 0.248 e. The highest BCUT2D eigenvalue weighted by molar-refractivity contribution is 5.97. The third-order valence-electron chi connectivity index (χ3n) is 4.79. The molecule has 1 aromatic carbocycles. The Morgan fingerprint density at radius 1 is 1.24 bits per heavy atom. The van der Waals surface area contributed by atoms with Gasteiger partial charge in [0.15, 0.2) is 0 Å². The molecule has 2 aliphatic rings. The molecule has 5 nitrogen and oxygen atoms in total. The van der Waals surface area contributed by atoms with Crippen molar-refractivity contribution in [2.24, 2.45) is 29.2 Å². The molecule has 2 fully saturated rings. The van der Waals surface area contributed by atoms with Crippen LogP contribution in [-0.2, 0) is 4.79 Å². The number of hydrogen-bond acceptors (Lipinski definition) is 3. The molecule has 4 unspecified atom stereocenters. The summed E-state index contributed by atoms with van der Waals surface area (Å²) in [6.07, 6.45) is 3.05. The summed E-state index contributed by atoms with van der Waals surface area (Å²) in [6, 6.07) is 3.51. The second kappa shape index (κ2) is 5.11. The highest BCUT2D eigenvalue weighted by Crippen LogP contribution is 2.47. The fourth-order valence-electron chi connectivity index (χ4n) is 3.72. The maximum Gasteiger partial charge on any atom is 0.248 e. The molecular weight excluding hydrogens is 273 g/mol. The van der Waals surface area contributed by atoms with E-state index < -0.39 is 11.7 Å². The molecular formula is C15H18FN3O2. The summed E-state index contributed by atoms with van der Waals surface area (Å²) in [5, 5.41) is 2.56. The summed E-state index contributed by atoms with van der Waals surface area (Å²) >= 11 is 0. The molecule has 1 aromatic rings. The van der Waals surface area contributed by atoms with Crippen LogP contribution in [0.3, 0.4) is 0 Å². The standard InChI is InChI=1S/C15H18FN3O2/c16-10-4-3-9(14(18)20)6-11(10)19-15(21)12-7-1-2-8(5-7)13(12)17/h3-4,6-8,12-13H,1-2,5,17H2,(H2,18,20)(H,19,21). The third-order valence-corrected chi connectivity index (χ3v) is 4.79. The second-order valence-electron chi connectivity index (χ2n) is 5.98. The number of anilines is 1. The van der Waals surface area contributed by atoms with Crippen molar-refractivity contribution in [1.82, 2.24) is 0 Å². The summed E-state index contributed by atoms with van der Waals surface area (Å²) in [5.41, 5.74) is 11.4. The Balaban J connectivity index is 1.79. The molecule has 3 rings (SSSR count). The number of fused-ring (bicyclic) bond motifs is 2. The van der Waals surface area contributed by atoms with Gasteiger partial charge in [-0.1, -0.05) is 0 Å². The molecule has 4 atom stereocenters. The molecule has 2 saturated carbocycles. The third kappa shape index (κ3) is 2.40. The predicted molar refractivity (Wildman–Crippen MR) is 75.8 cm³/mol. The van der Waals surface area contributed by atoms with Crippen LogP contribution in [0.1, 0.15) is 29.6 Å². The number of carbonyl (C=O) groups excluding carboxylic acids is 2. The van der Waals surface area contributed by atoms with Crippen LogP contribution in [0.2, 0.25) is 0 Å². The molecule has 0 spiro atoms. The Morgan fingerprint density at radius 3 is 2.57 bits per heavy atom. The number of nitrogens with one attached hydrogen (secondary N) is 1. The average Bonchev–Trinajstić information content (AvgIpc) is 3.01. The summed E-state index contributed by atoms with van der Waals surface area (Å²) in [5.74, 6) is -1.12. The van der Waals surface area contributed by atoms with Crippen LogP contribution in [0, 0.1) is 23.6 Å². The number of primary amides is 1. The highest BCUT2D eigenvalue weighted by Gasteiger charge is 2.49. The van der Waals surface area contributed by atoms with Crippen molar-refractivity contribution in [2.45, 2.75) is 25.3 Å². The minimum absolute atomic E-state index is 0.0220. The van der Waals surface area contributed by atoms with Gasteiger partial charge in [-0.05, 0) is 49.3 Å². The number of halogens is 1. The van der Waals surface area contributed by atoms with E-state index in [1.165, 1.54) is 12.1 Å². The van der Waals surface area contributed by atoms with Gasteiger partial charge in [-0.25, -0.2) is 4.39 Å². The van der Waals surface area contributed by atoms with Crippen molar-refractivity contribution in [1.29, 1.82) is 0 Å². The first-order valence-electron chi connectivity index (χ1n) is 7.13. The Kier molecular flexibility index (Phi) is 3.41. The monoisotopic (exact) mass is 291 g/mol. The predicted octanol–water partition coefficient (Wildman–Crippen LogP) is 1.24. The van der Waals surface area contributed by atoms with Gasteiger partial charge in [0.05, 0.1) is 11.6 Å². The first kappa shape index (κ1) is 14.0. The lowest BCUT2D eigenvalue weighted by atomic mass is 9.84. The quantitative estimate of drug-likeness (QED) is 0.781. The zero-order valence-electron chi connectivity index (χ0n) is 11.5. The molecule has 0 aliphatic heterocycles. The molecule has 112 valence electrons. The van der Waals surface area contributed by atoms with E-state index in [-0.39, 0.29) is 35.0 Å². The van der Waals surface area contributed by atoms with E-state index in [4.69, 9.17) is 11.5 Å². The van der Waals surface area contributed by atoms with Crippen LogP contribution >= 0.6 is 0 Å². The Bertz CT molecular complexity index is 603. The molecule has 0 saturated heterocycles. The van der Waals surface area contributed by atoms with Gasteiger partial charge in [0, 0.05) is 11.6 Å². The number of nitrogens with two attached hydrogens (primary N) is 2. The van der Waals surface area contributed by atoms with Crippen molar-refractivity contribution < 1.29 is 14.0 Å². The summed E-state index contributed by atoms with van der Waals surface area (Å²) in [4.78, 5) is 23.5. The van der Waals surface area contributed by atoms with Crippen LogP contribution < -0.4 is 16.8 Å². The van der Waals surface area contributed by atoms with E-state index >= 15 is 0 Å². The largest absolute Gasteiger partial charge is 0.366 e. The topological polar surface area (TPSA) is 98.2 Å². The van der Waals surface area contributed by atoms with Gasteiger partial charge >= 0.3 is 0 Å². The van der Waals surface area contributed by atoms with Gasteiger partial charge < -0.3 is 16.8 Å². The lowest BCUT2D eigenvalue weighted by Gasteiger charge is -2.27. The fraction of sp³-hybridized carbons (Fsp3) is 0.467. The van der Waals surface area contributed by atoms with Crippen molar-refractivity contribution in [3.8, 4) is 0 Å². The maximum atomic E-state index is 13.8. The minimum atomic E-state index is -0.665. The van der Waals surface area contributed by atoms with Gasteiger partial charge in [0.25, 0.3) is 0 Å². The molecule has 0 radical (unpaired) electrons. The molecule has 0 aromatic heterocycles. The fourth-order valence-corrected chi connectivity index (χ4v) is 3.72. The summed E-state index contributed by atoms with van der Waals surface area (Å²) in [6.45, 7) is 0. The first-order chi connectivity index (χ1) is 9.97. The van der Waals surface area contributed by atoms with E-state index in [0.717, 1.165) is 25.3 Å². The van der Waals surface area contributed by atoms with Gasteiger partial charge in [0.2, 0.25) is 11.8 Å². The van der Waals surface area contributed by atoms with Gasteiger partial charge in [-0.15, -0.1) is 0 Å². The SMILES string of the molecule is NC(=O)c1ccc(F)c(NC(=O)C2C3CCC(C3)C2N)c1. The van der Waals surface area contributed by atoms with Crippen LogP contribution in [0.5, 0.6) is 0 Å². The van der Waals surface area contributed by atoms with Gasteiger partial charge in [0.1, 0.15) is 5.82 Å². The minimum Gasteiger partial charge on any atom is -0.366 e. The zero-order chi connectivity index (χ0) is 15.1. The lowest BCUT2D eigenvalue weighted by molar-refractivity contribution is -0.121. The van der Waals surface area contributed by atoms with Crippen molar-refractivity contribution in [3.63, 3.8) is 0 Å². The Morgan fingerprint density at radius 2 is 1.95 bits per heavy atom. The molecule has 2 bridgehead atoms. The molecule has 21 heavy (non-hydrogen) atoms. The van der Waals surface area contributed by atoms with E-state index in [2.05, 4.69) is 5.32 Å². The van der Waals surface area contributed by atoms with Crippen LogP contribution in [0.4, 0.5) is 10.1 Å². The number of carbonyl (C=O) groups is 2. The van der Waals surface area contributed by atoms with Crippen LogP contribution in [0.25, 0.3) is 0 Å². The summed E-state index contributed by atoms with van der Waals surface area (Å²) in [7, 11) is 0. The number of benzene rings is 1. The lowest BCUT2D eigenvalue weighted by Crippen LogP contribution is -2.42. The first-order valence-corrected chi connectivity index (χ1v) is 7.13. The van der Waals surface area contributed by atoms with E-state index in [1.807, 2.05) is 0 Å². The number of amides is 2. The summed E-state index contributed by atoms with van der Waals surface area (Å²) < 4.78 is 13.8. The van der Waals surface area contributed by atoms with E-state index in [0.29, 0.717) is 5.92 Å². The molecule has 6 heteroatoms. The zero-order valence-corrected chi connectivity index (χ0v) is 11.5. The van der Waals surface area contributed by atoms with Crippen molar-refractivity contribution in [2.75, 3.05) is 5.32 Å². The Labute approximate surface area is 121 Å². The molecule has 5 N–H and O–H groups in total. The number of hydrogen-bond donors (Lipinski definition) is 3. The molecule has 2 aliphatic carbocycles. The highest BCUT2D eigenvalue weighted by atomic mass is 19.1.